The summed E-state index contributed by atoms with van der Waals surface area (Å²) < 4.78 is 24.1. The summed E-state index contributed by atoms with van der Waals surface area (Å²) in [5.41, 5.74) is 7.07. The summed E-state index contributed by atoms with van der Waals surface area (Å²) in [4.78, 5) is 12.7. The molecule has 0 aliphatic heterocycles. The van der Waals surface area contributed by atoms with Gasteiger partial charge in [-0.3, -0.25) is 4.79 Å². The highest BCUT2D eigenvalue weighted by atomic mass is 32.2. The minimum Gasteiger partial charge on any atom is -0.399 e. The molecule has 0 spiro atoms. The lowest BCUT2D eigenvalue weighted by atomic mass is 9.83. The van der Waals surface area contributed by atoms with E-state index in [1.54, 1.807) is 44.2 Å². The number of allylic oxidation sites excluding steroid dienone is 1. The van der Waals surface area contributed by atoms with E-state index in [1.807, 2.05) is 12.1 Å². The molecule has 0 atom stereocenters. The summed E-state index contributed by atoms with van der Waals surface area (Å²) in [6.45, 7) is 3.91. The van der Waals surface area contributed by atoms with Crippen molar-refractivity contribution in [2.75, 3.05) is 5.73 Å². The van der Waals surface area contributed by atoms with Gasteiger partial charge in [0, 0.05) is 23.7 Å². The molecule has 3 N–H and O–H groups in total. The Bertz CT molecular complexity index is 984. The van der Waals surface area contributed by atoms with Crippen molar-refractivity contribution in [3.05, 3.63) is 71.1 Å². The van der Waals surface area contributed by atoms with E-state index in [0.29, 0.717) is 17.8 Å². The molecule has 2 aromatic rings. The maximum absolute atomic E-state index is 12.6. The van der Waals surface area contributed by atoms with E-state index in [-0.39, 0.29) is 10.8 Å². The Labute approximate surface area is 159 Å². The van der Waals surface area contributed by atoms with Crippen molar-refractivity contribution in [2.24, 2.45) is 0 Å². The Morgan fingerprint density at radius 2 is 1.74 bits per heavy atom. The van der Waals surface area contributed by atoms with E-state index in [1.165, 1.54) is 12.1 Å². The Kier molecular flexibility index (Phi) is 6.03. The number of carbonyl (C=O) groups is 1. The average molecular weight is 383 g/mol. The normalized spacial score (nSPS) is 11.9. The van der Waals surface area contributed by atoms with E-state index >= 15 is 0 Å². The molecule has 2 rings (SSSR count). The van der Waals surface area contributed by atoms with E-state index in [4.69, 9.17) is 11.0 Å². The number of amides is 1. The molecule has 0 heterocycles. The lowest BCUT2D eigenvalue weighted by Crippen LogP contribution is -2.39. The van der Waals surface area contributed by atoms with Crippen LogP contribution in [0.2, 0.25) is 0 Å². The molecule has 7 heteroatoms. The van der Waals surface area contributed by atoms with Crippen LogP contribution in [0.4, 0.5) is 5.69 Å². The zero-order valence-electron chi connectivity index (χ0n) is 15.1. The number of anilines is 1. The summed E-state index contributed by atoms with van der Waals surface area (Å²) >= 11 is 0. The van der Waals surface area contributed by atoms with Gasteiger partial charge in [-0.15, -0.1) is 0 Å². The van der Waals surface area contributed by atoms with Gasteiger partial charge in [0.15, 0.2) is 0 Å². The molecule has 6 nitrogen and oxygen atoms in total. The van der Waals surface area contributed by atoms with E-state index in [2.05, 4.69) is 5.32 Å². The number of nitrogens with two attached hydrogens (primary N) is 1. The number of benzene rings is 2. The fourth-order valence-electron chi connectivity index (χ4n) is 2.43. The van der Waals surface area contributed by atoms with Crippen molar-refractivity contribution < 1.29 is 13.2 Å². The highest BCUT2D eigenvalue weighted by Crippen LogP contribution is 2.25. The standard InChI is InChI=1S/C20H21N3O3S/c1-20(2,19(24)23-14-15-4-8-17(22)9-5-15)16-6-10-18(11-7-16)27(25,26)13-3-12-21/h3-11,13H,14,22H2,1-2H3,(H,23,24). The van der Waals surface area contributed by atoms with Crippen LogP contribution >= 0.6 is 0 Å². The van der Waals surface area contributed by atoms with Crippen LogP contribution in [0.5, 0.6) is 0 Å². The molecule has 2 aromatic carbocycles. The monoisotopic (exact) mass is 383 g/mol. The first-order chi connectivity index (χ1) is 12.7. The van der Waals surface area contributed by atoms with Gasteiger partial charge in [0.05, 0.1) is 16.4 Å². The summed E-state index contributed by atoms with van der Waals surface area (Å²) in [7, 11) is -3.67. The van der Waals surface area contributed by atoms with Gasteiger partial charge in [-0.2, -0.15) is 5.26 Å². The summed E-state index contributed by atoms with van der Waals surface area (Å²) in [6, 6.07) is 15.0. The number of nitrogens with zero attached hydrogens (tertiary/aromatic N) is 1. The molecule has 0 fully saturated rings. The Morgan fingerprint density at radius 1 is 1.15 bits per heavy atom. The molecule has 0 saturated heterocycles. The lowest BCUT2D eigenvalue weighted by Gasteiger charge is -2.24. The molecular formula is C20H21N3O3S. The van der Waals surface area contributed by atoms with Crippen molar-refractivity contribution >= 4 is 21.4 Å². The smallest absolute Gasteiger partial charge is 0.230 e. The van der Waals surface area contributed by atoms with Crippen LogP contribution in [0, 0.1) is 11.3 Å². The SMILES string of the molecule is CC(C)(C(=O)NCc1ccc(N)cc1)c1ccc(S(=O)(=O)C=CC#N)cc1. The lowest BCUT2D eigenvalue weighted by molar-refractivity contribution is -0.125. The van der Waals surface area contributed by atoms with Crippen LogP contribution in [-0.4, -0.2) is 14.3 Å². The van der Waals surface area contributed by atoms with Crippen molar-refractivity contribution in [3.63, 3.8) is 0 Å². The Hall–Kier alpha value is -3.11. The van der Waals surface area contributed by atoms with Gasteiger partial charge >= 0.3 is 0 Å². The minimum atomic E-state index is -3.67. The quantitative estimate of drug-likeness (QED) is 0.588. The predicted octanol–water partition coefficient (Wildman–Crippen LogP) is 2.67. The molecule has 0 aliphatic carbocycles. The van der Waals surface area contributed by atoms with Crippen molar-refractivity contribution in [1.82, 2.24) is 5.32 Å². The summed E-state index contributed by atoms with van der Waals surface area (Å²) in [5.74, 6) is -0.181. The van der Waals surface area contributed by atoms with Crippen LogP contribution in [-0.2, 0) is 26.6 Å². The van der Waals surface area contributed by atoms with E-state index in [9.17, 15) is 13.2 Å². The van der Waals surface area contributed by atoms with Crippen LogP contribution in [0.15, 0.2) is 64.9 Å². The van der Waals surface area contributed by atoms with Gasteiger partial charge in [0.2, 0.25) is 15.7 Å². The van der Waals surface area contributed by atoms with Crippen LogP contribution < -0.4 is 11.1 Å². The molecule has 0 unspecified atom stereocenters. The maximum atomic E-state index is 12.6. The second-order valence-electron chi connectivity index (χ2n) is 6.55. The number of carbonyl (C=O) groups excluding carboxylic acids is 1. The number of hydrogen-bond acceptors (Lipinski definition) is 5. The summed E-state index contributed by atoms with van der Waals surface area (Å²) in [6.07, 6.45) is 0.915. The number of sulfone groups is 1. The minimum absolute atomic E-state index is 0.0656. The topological polar surface area (TPSA) is 113 Å². The first kappa shape index (κ1) is 20.2. The molecule has 0 saturated carbocycles. The molecule has 27 heavy (non-hydrogen) atoms. The zero-order valence-corrected chi connectivity index (χ0v) is 16.0. The summed E-state index contributed by atoms with van der Waals surface area (Å²) in [5, 5.41) is 12.2. The molecule has 0 bridgehead atoms. The van der Waals surface area contributed by atoms with Gasteiger partial charge in [0.1, 0.15) is 0 Å². The third kappa shape index (κ3) is 4.96. The average Bonchev–Trinajstić information content (AvgIpc) is 2.65. The molecule has 0 aromatic heterocycles. The second kappa shape index (κ2) is 8.06. The number of nitrogen functional groups attached to an aromatic ring is 1. The van der Waals surface area contributed by atoms with Gasteiger partial charge in [-0.1, -0.05) is 24.3 Å². The molecule has 140 valence electrons. The highest BCUT2D eigenvalue weighted by molar-refractivity contribution is 7.94. The predicted molar refractivity (Wildman–Crippen MR) is 104 cm³/mol. The number of nitriles is 1. The van der Waals surface area contributed by atoms with Crippen molar-refractivity contribution in [1.29, 1.82) is 5.26 Å². The first-order valence-electron chi connectivity index (χ1n) is 8.21. The van der Waals surface area contributed by atoms with Gasteiger partial charge in [-0.25, -0.2) is 8.42 Å². The molecule has 0 radical (unpaired) electrons. The highest BCUT2D eigenvalue weighted by Gasteiger charge is 2.29. The van der Waals surface area contributed by atoms with Gasteiger partial charge < -0.3 is 11.1 Å². The zero-order chi connectivity index (χ0) is 20.1. The Morgan fingerprint density at radius 3 is 2.30 bits per heavy atom. The van der Waals surface area contributed by atoms with Gasteiger partial charge in [0.25, 0.3) is 0 Å². The fraction of sp³-hybridized carbons (Fsp3) is 0.200. The van der Waals surface area contributed by atoms with E-state index in [0.717, 1.165) is 17.0 Å². The molecule has 1 amide bonds. The van der Waals surface area contributed by atoms with Gasteiger partial charge in [-0.05, 0) is 49.2 Å². The van der Waals surface area contributed by atoms with Crippen LogP contribution in [0.3, 0.4) is 0 Å². The third-order valence-corrected chi connectivity index (χ3v) is 5.65. The van der Waals surface area contributed by atoms with Crippen molar-refractivity contribution in [2.45, 2.75) is 30.7 Å². The molecular weight excluding hydrogens is 362 g/mol. The molecule has 0 aliphatic rings. The third-order valence-electron chi connectivity index (χ3n) is 4.23. The number of nitrogens with one attached hydrogen (secondary N) is 1. The van der Waals surface area contributed by atoms with Crippen LogP contribution in [0.1, 0.15) is 25.0 Å². The largest absolute Gasteiger partial charge is 0.399 e. The van der Waals surface area contributed by atoms with E-state index < -0.39 is 15.3 Å². The fourth-order valence-corrected chi connectivity index (χ4v) is 3.34. The number of rotatable bonds is 6. The number of hydrogen-bond donors (Lipinski definition) is 2. The first-order valence-corrected chi connectivity index (χ1v) is 9.76. The van der Waals surface area contributed by atoms with Crippen molar-refractivity contribution in [3.8, 4) is 6.07 Å². The maximum Gasteiger partial charge on any atom is 0.230 e. The van der Waals surface area contributed by atoms with Crippen LogP contribution in [0.25, 0.3) is 0 Å². The second-order valence-corrected chi connectivity index (χ2v) is 8.38. The Balaban J connectivity index is 2.13.